The summed E-state index contributed by atoms with van der Waals surface area (Å²) in [6.07, 6.45) is -3.68. The topological polar surface area (TPSA) is 137 Å². The third-order valence-corrected chi connectivity index (χ3v) is 4.53. The van der Waals surface area contributed by atoms with Gasteiger partial charge in [-0.15, -0.1) is 0 Å². The Kier molecular flexibility index (Phi) is 6.46. The number of anilines is 2. The third-order valence-electron chi connectivity index (χ3n) is 4.53. The molecule has 3 aromatic rings. The molecule has 0 aliphatic rings. The first-order valence-electron chi connectivity index (χ1n) is 9.54. The van der Waals surface area contributed by atoms with Gasteiger partial charge in [-0.2, -0.15) is 23.4 Å². The number of amides is 2. The predicted molar refractivity (Wildman–Crippen MR) is 110 cm³/mol. The minimum absolute atomic E-state index is 0.0191. The summed E-state index contributed by atoms with van der Waals surface area (Å²) in [6, 6.07) is 8.49. The third kappa shape index (κ3) is 5.16. The van der Waals surface area contributed by atoms with E-state index in [4.69, 9.17) is 0 Å². The summed E-state index contributed by atoms with van der Waals surface area (Å²) in [5.74, 6) is -1.47. The zero-order chi connectivity index (χ0) is 24.3. The number of carbonyl (C=O) groups excluding carboxylic acids is 2. The Morgan fingerprint density at radius 3 is 2.36 bits per heavy atom. The lowest BCUT2D eigenvalue weighted by molar-refractivity contribution is -0.388. The van der Waals surface area contributed by atoms with Gasteiger partial charge in [-0.25, -0.2) is 0 Å². The molecule has 0 unspecified atom stereocenters. The zero-order valence-corrected chi connectivity index (χ0v) is 17.4. The molecule has 0 fully saturated rings. The summed E-state index contributed by atoms with van der Waals surface area (Å²) in [4.78, 5) is 35.0. The van der Waals surface area contributed by atoms with Crippen molar-refractivity contribution in [3.05, 3.63) is 63.7 Å². The van der Waals surface area contributed by atoms with Crippen LogP contribution in [0.15, 0.2) is 36.5 Å². The maximum atomic E-state index is 13.1. The van der Waals surface area contributed by atoms with Gasteiger partial charge in [0.1, 0.15) is 12.2 Å². The molecule has 11 nitrogen and oxygen atoms in total. The van der Waals surface area contributed by atoms with Crippen LogP contribution in [-0.2, 0) is 24.1 Å². The number of rotatable bonds is 7. The van der Waals surface area contributed by atoms with Crippen molar-refractivity contribution in [3.8, 4) is 0 Å². The minimum atomic E-state index is -5.07. The van der Waals surface area contributed by atoms with Crippen LogP contribution in [0, 0.1) is 17.0 Å². The van der Waals surface area contributed by atoms with Crippen LogP contribution >= 0.6 is 0 Å². The van der Waals surface area contributed by atoms with Crippen molar-refractivity contribution in [2.45, 2.75) is 33.1 Å². The van der Waals surface area contributed by atoms with E-state index in [2.05, 4.69) is 20.8 Å². The lowest BCUT2D eigenvalue weighted by Gasteiger charge is -2.07. The number of halogens is 3. The number of hydrogen-bond donors (Lipinski definition) is 2. The number of aryl methyl sites for hydroxylation is 1. The van der Waals surface area contributed by atoms with Gasteiger partial charge in [-0.3, -0.25) is 29.1 Å². The van der Waals surface area contributed by atoms with Gasteiger partial charge in [-0.05, 0) is 26.0 Å². The number of nitro groups is 1. The first-order chi connectivity index (χ1) is 15.5. The van der Waals surface area contributed by atoms with E-state index >= 15 is 0 Å². The van der Waals surface area contributed by atoms with Gasteiger partial charge in [0.25, 0.3) is 5.91 Å². The molecule has 174 valence electrons. The monoisotopic (exact) mass is 465 g/mol. The number of nitrogens with zero attached hydrogens (tertiary/aromatic N) is 5. The van der Waals surface area contributed by atoms with Crippen LogP contribution in [0.2, 0.25) is 0 Å². The van der Waals surface area contributed by atoms with Crippen molar-refractivity contribution in [1.82, 2.24) is 19.6 Å². The van der Waals surface area contributed by atoms with Crippen molar-refractivity contribution < 1.29 is 27.7 Å². The zero-order valence-electron chi connectivity index (χ0n) is 17.4. The number of alkyl halides is 3. The van der Waals surface area contributed by atoms with Crippen LogP contribution in [0.4, 0.5) is 30.2 Å². The molecular weight excluding hydrogens is 447 g/mol. The van der Waals surface area contributed by atoms with Crippen LogP contribution in [-0.4, -0.2) is 36.3 Å². The molecule has 0 aliphatic heterocycles. The SMILES string of the molecule is CCn1cc(NC(=O)Cn2nc(C(F)(F)F)c([N+](=O)[O-])c2C)c(C(=O)Nc2ccccc2)n1. The fourth-order valence-corrected chi connectivity index (χ4v) is 2.98. The molecule has 0 radical (unpaired) electrons. The number of para-hydroxylation sites is 1. The van der Waals surface area contributed by atoms with E-state index in [9.17, 15) is 32.9 Å². The normalized spacial score (nSPS) is 11.3. The molecule has 2 N–H and O–H groups in total. The summed E-state index contributed by atoms with van der Waals surface area (Å²) >= 11 is 0. The van der Waals surface area contributed by atoms with Gasteiger partial charge in [-0.1, -0.05) is 18.2 Å². The number of nitrogens with one attached hydrogen (secondary N) is 2. The molecule has 0 aliphatic carbocycles. The lowest BCUT2D eigenvalue weighted by Crippen LogP contribution is -2.22. The molecule has 2 amide bonds. The minimum Gasteiger partial charge on any atom is -0.321 e. The average Bonchev–Trinajstić information content (AvgIpc) is 3.29. The fourth-order valence-electron chi connectivity index (χ4n) is 2.98. The highest BCUT2D eigenvalue weighted by molar-refractivity contribution is 6.08. The van der Waals surface area contributed by atoms with Crippen LogP contribution in [0.5, 0.6) is 0 Å². The van der Waals surface area contributed by atoms with Crippen molar-refractivity contribution in [3.63, 3.8) is 0 Å². The maximum Gasteiger partial charge on any atom is 0.442 e. The van der Waals surface area contributed by atoms with E-state index in [0.717, 1.165) is 6.92 Å². The molecule has 0 atom stereocenters. The second-order valence-corrected chi connectivity index (χ2v) is 6.81. The number of hydrogen-bond acceptors (Lipinski definition) is 6. The Morgan fingerprint density at radius 2 is 1.82 bits per heavy atom. The molecule has 3 rings (SSSR count). The van der Waals surface area contributed by atoms with Crippen LogP contribution < -0.4 is 10.6 Å². The molecule has 0 spiro atoms. The average molecular weight is 465 g/mol. The second-order valence-electron chi connectivity index (χ2n) is 6.81. The Hall–Kier alpha value is -4.23. The summed E-state index contributed by atoms with van der Waals surface area (Å²) in [5.41, 5.74) is -2.96. The molecule has 0 saturated heterocycles. The quantitative estimate of drug-likeness (QED) is 0.406. The summed E-state index contributed by atoms with van der Waals surface area (Å²) in [5, 5.41) is 23.4. The van der Waals surface area contributed by atoms with Gasteiger partial charge in [0.2, 0.25) is 11.6 Å². The second kappa shape index (κ2) is 9.10. The molecule has 33 heavy (non-hydrogen) atoms. The number of benzene rings is 1. The highest BCUT2D eigenvalue weighted by Gasteiger charge is 2.44. The highest BCUT2D eigenvalue weighted by atomic mass is 19.4. The van der Waals surface area contributed by atoms with Crippen LogP contribution in [0.25, 0.3) is 0 Å². The van der Waals surface area contributed by atoms with Crippen molar-refractivity contribution >= 4 is 28.9 Å². The summed E-state index contributed by atoms with van der Waals surface area (Å²) in [6.45, 7) is 2.44. The predicted octanol–water partition coefficient (Wildman–Crippen LogP) is 3.23. The number of carbonyl (C=O) groups is 2. The summed E-state index contributed by atoms with van der Waals surface area (Å²) < 4.78 is 41.3. The first-order valence-corrected chi connectivity index (χ1v) is 9.54. The lowest BCUT2D eigenvalue weighted by atomic mass is 10.3. The largest absolute Gasteiger partial charge is 0.442 e. The van der Waals surface area contributed by atoms with Crippen molar-refractivity contribution in [2.24, 2.45) is 0 Å². The van der Waals surface area contributed by atoms with Crippen molar-refractivity contribution in [1.29, 1.82) is 0 Å². The number of aromatic nitrogens is 4. The van der Waals surface area contributed by atoms with E-state index in [1.807, 2.05) is 0 Å². The van der Waals surface area contributed by atoms with Crippen LogP contribution in [0.3, 0.4) is 0 Å². The highest BCUT2D eigenvalue weighted by Crippen LogP contribution is 2.36. The Balaban J connectivity index is 1.83. The maximum absolute atomic E-state index is 13.1. The van der Waals surface area contributed by atoms with Gasteiger partial charge < -0.3 is 10.6 Å². The standard InChI is InChI=1S/C19H18F3N7O4/c1-3-27-9-13(15(25-27)18(31)23-12-7-5-4-6-8-12)24-14(30)10-28-11(2)16(29(32)33)17(26-28)19(20,21)22/h4-9H,3,10H2,1-2H3,(H,23,31)(H,24,30). The smallest absolute Gasteiger partial charge is 0.321 e. The van der Waals surface area contributed by atoms with E-state index in [0.29, 0.717) is 16.9 Å². The van der Waals surface area contributed by atoms with E-state index in [1.165, 1.54) is 10.9 Å². The molecule has 0 bridgehead atoms. The fraction of sp³-hybridized carbons (Fsp3) is 0.263. The van der Waals surface area contributed by atoms with Gasteiger partial charge in [0.05, 0.1) is 10.6 Å². The van der Waals surface area contributed by atoms with Gasteiger partial charge in [0, 0.05) is 18.4 Å². The Morgan fingerprint density at radius 1 is 1.15 bits per heavy atom. The molecule has 0 saturated carbocycles. The van der Waals surface area contributed by atoms with E-state index in [1.54, 1.807) is 37.3 Å². The molecule has 1 aromatic carbocycles. The van der Waals surface area contributed by atoms with E-state index < -0.39 is 46.5 Å². The van der Waals surface area contributed by atoms with Crippen molar-refractivity contribution in [2.75, 3.05) is 10.6 Å². The Bertz CT molecular complexity index is 1200. The van der Waals surface area contributed by atoms with E-state index in [-0.39, 0.29) is 11.4 Å². The van der Waals surface area contributed by atoms with Gasteiger partial charge >= 0.3 is 11.9 Å². The molecule has 14 heteroatoms. The summed E-state index contributed by atoms with van der Waals surface area (Å²) in [7, 11) is 0. The molecule has 2 heterocycles. The first kappa shape index (κ1) is 23.4. The Labute approximate surface area is 184 Å². The van der Waals surface area contributed by atoms with Gasteiger partial charge in [0.15, 0.2) is 5.69 Å². The molecular formula is C19H18F3N7O4. The molecule has 2 aromatic heterocycles. The van der Waals surface area contributed by atoms with Crippen LogP contribution in [0.1, 0.15) is 28.8 Å².